The van der Waals surface area contributed by atoms with Crippen LogP contribution in [0.25, 0.3) is 0 Å². The Labute approximate surface area is 164 Å². The van der Waals surface area contributed by atoms with E-state index in [2.05, 4.69) is 20.6 Å². The molecule has 6 nitrogen and oxygen atoms in total. The van der Waals surface area contributed by atoms with E-state index >= 15 is 0 Å². The molecule has 0 aliphatic carbocycles. The molecule has 0 spiro atoms. The molecule has 0 radical (unpaired) electrons. The molecule has 146 valence electrons. The third kappa shape index (κ3) is 5.06. The van der Waals surface area contributed by atoms with Crippen molar-refractivity contribution in [3.63, 3.8) is 0 Å². The molecule has 2 heterocycles. The molecule has 0 unspecified atom stereocenters. The van der Waals surface area contributed by atoms with Gasteiger partial charge in [-0.3, -0.25) is 9.69 Å². The Morgan fingerprint density at radius 3 is 2.78 bits per heavy atom. The number of nitrogens with zero attached hydrogens (tertiary/aromatic N) is 2. The minimum atomic E-state index is 0.0330. The van der Waals surface area contributed by atoms with Gasteiger partial charge in [-0.25, -0.2) is 4.98 Å². The lowest BCUT2D eigenvalue weighted by Crippen LogP contribution is -2.37. The fourth-order valence-corrected chi connectivity index (χ4v) is 4.09. The molecule has 1 fully saturated rings. The molecule has 1 amide bonds. The number of aromatic nitrogens is 1. The number of likely N-dealkylation sites (tertiary alicyclic amines) is 1. The maximum absolute atomic E-state index is 12.6. The fraction of sp³-hybridized carbons (Fsp3) is 0.500. The first-order chi connectivity index (χ1) is 13.1. The average molecular weight is 390 g/mol. The van der Waals surface area contributed by atoms with Crippen molar-refractivity contribution in [2.45, 2.75) is 32.4 Å². The summed E-state index contributed by atoms with van der Waals surface area (Å²) in [6.45, 7) is 4.63. The lowest BCUT2D eigenvalue weighted by Gasteiger charge is -2.30. The predicted octanol–water partition coefficient (Wildman–Crippen LogP) is 3.71. The number of piperidine rings is 1. The van der Waals surface area contributed by atoms with Gasteiger partial charge in [0.05, 0.1) is 18.5 Å². The molecule has 7 heteroatoms. The SMILES string of the molecule is COc1ccccc1NC(=O)C1CCN(Cc2csc([C@@H](C)OC)n2)CC1. The minimum Gasteiger partial charge on any atom is -0.495 e. The van der Waals surface area contributed by atoms with E-state index in [1.165, 1.54) is 0 Å². The second-order valence-corrected chi connectivity index (χ2v) is 7.68. The molecule has 1 aliphatic heterocycles. The van der Waals surface area contributed by atoms with Crippen molar-refractivity contribution >= 4 is 22.9 Å². The average Bonchev–Trinajstić information content (AvgIpc) is 3.16. The summed E-state index contributed by atoms with van der Waals surface area (Å²) in [5.41, 5.74) is 1.81. The molecule has 1 aliphatic rings. The number of amides is 1. The van der Waals surface area contributed by atoms with Crippen LogP contribution in [0, 0.1) is 5.92 Å². The van der Waals surface area contributed by atoms with Crippen LogP contribution in [0.3, 0.4) is 0 Å². The summed E-state index contributed by atoms with van der Waals surface area (Å²) in [5.74, 6) is 0.794. The van der Waals surface area contributed by atoms with Gasteiger partial charge in [-0.05, 0) is 45.0 Å². The maximum Gasteiger partial charge on any atom is 0.227 e. The number of carbonyl (C=O) groups is 1. The van der Waals surface area contributed by atoms with E-state index in [1.807, 2.05) is 31.2 Å². The summed E-state index contributed by atoms with van der Waals surface area (Å²) in [6, 6.07) is 7.51. The third-order valence-corrected chi connectivity index (χ3v) is 6.03. The van der Waals surface area contributed by atoms with Crippen LogP contribution in [0.2, 0.25) is 0 Å². The zero-order chi connectivity index (χ0) is 19.2. The van der Waals surface area contributed by atoms with E-state index in [9.17, 15) is 4.79 Å². The van der Waals surface area contributed by atoms with E-state index in [0.717, 1.165) is 48.9 Å². The van der Waals surface area contributed by atoms with Crippen LogP contribution in [0.15, 0.2) is 29.6 Å². The first-order valence-electron chi connectivity index (χ1n) is 9.24. The number of para-hydroxylation sites is 2. The van der Waals surface area contributed by atoms with Gasteiger partial charge >= 0.3 is 0 Å². The van der Waals surface area contributed by atoms with Crippen molar-refractivity contribution in [3.05, 3.63) is 40.3 Å². The highest BCUT2D eigenvalue weighted by molar-refractivity contribution is 7.09. The molecule has 3 rings (SSSR count). The van der Waals surface area contributed by atoms with Gasteiger partial charge in [0.15, 0.2) is 0 Å². The van der Waals surface area contributed by atoms with Crippen molar-refractivity contribution in [2.24, 2.45) is 5.92 Å². The number of thiazole rings is 1. The van der Waals surface area contributed by atoms with Crippen LogP contribution >= 0.6 is 11.3 Å². The molecule has 1 aromatic heterocycles. The lowest BCUT2D eigenvalue weighted by atomic mass is 9.95. The number of hydrogen-bond acceptors (Lipinski definition) is 6. The Morgan fingerprint density at radius 2 is 2.07 bits per heavy atom. The highest BCUT2D eigenvalue weighted by Gasteiger charge is 2.26. The van der Waals surface area contributed by atoms with Gasteiger partial charge in [-0.1, -0.05) is 12.1 Å². The van der Waals surface area contributed by atoms with Crippen molar-refractivity contribution in [2.75, 3.05) is 32.6 Å². The van der Waals surface area contributed by atoms with Gasteiger partial charge in [0.1, 0.15) is 16.9 Å². The van der Waals surface area contributed by atoms with Crippen molar-refractivity contribution in [1.82, 2.24) is 9.88 Å². The summed E-state index contributed by atoms with van der Waals surface area (Å²) >= 11 is 1.64. The zero-order valence-electron chi connectivity index (χ0n) is 16.1. The Kier molecular flexibility index (Phi) is 6.82. The lowest BCUT2D eigenvalue weighted by molar-refractivity contribution is -0.121. The molecule has 2 aromatic rings. The number of carbonyl (C=O) groups excluding carboxylic acids is 1. The topological polar surface area (TPSA) is 63.7 Å². The molecule has 1 atom stereocenters. The van der Waals surface area contributed by atoms with Gasteiger partial charge in [0.25, 0.3) is 0 Å². The second kappa shape index (κ2) is 9.30. The van der Waals surface area contributed by atoms with Crippen molar-refractivity contribution in [3.8, 4) is 5.75 Å². The van der Waals surface area contributed by atoms with E-state index in [-0.39, 0.29) is 17.9 Å². The summed E-state index contributed by atoms with van der Waals surface area (Å²) in [4.78, 5) is 19.6. The second-order valence-electron chi connectivity index (χ2n) is 6.79. The number of rotatable bonds is 7. The normalized spacial score (nSPS) is 16.9. The van der Waals surface area contributed by atoms with Crippen molar-refractivity contribution in [1.29, 1.82) is 0 Å². The number of ether oxygens (including phenoxy) is 2. The zero-order valence-corrected chi connectivity index (χ0v) is 16.9. The van der Waals surface area contributed by atoms with Gasteiger partial charge in [-0.15, -0.1) is 11.3 Å². The maximum atomic E-state index is 12.6. The summed E-state index contributed by atoms with van der Waals surface area (Å²) < 4.78 is 10.6. The van der Waals surface area contributed by atoms with E-state index in [0.29, 0.717) is 5.75 Å². The van der Waals surface area contributed by atoms with E-state index < -0.39 is 0 Å². The Bertz CT molecular complexity index is 756. The molecule has 27 heavy (non-hydrogen) atoms. The largest absolute Gasteiger partial charge is 0.495 e. The highest BCUT2D eigenvalue weighted by Crippen LogP contribution is 2.27. The molecule has 1 N–H and O–H groups in total. The van der Waals surface area contributed by atoms with Crippen LogP contribution in [-0.2, 0) is 16.1 Å². The van der Waals surface area contributed by atoms with Crippen LogP contribution in [0.4, 0.5) is 5.69 Å². The van der Waals surface area contributed by atoms with Gasteiger partial charge in [0, 0.05) is 25.0 Å². The van der Waals surface area contributed by atoms with Crippen LogP contribution in [-0.4, -0.2) is 43.1 Å². The molecule has 0 bridgehead atoms. The molecule has 1 aromatic carbocycles. The first-order valence-corrected chi connectivity index (χ1v) is 10.1. The number of anilines is 1. The van der Waals surface area contributed by atoms with E-state index in [1.54, 1.807) is 25.6 Å². The number of nitrogens with one attached hydrogen (secondary N) is 1. The summed E-state index contributed by atoms with van der Waals surface area (Å²) in [6.07, 6.45) is 1.74. The van der Waals surface area contributed by atoms with E-state index in [4.69, 9.17) is 9.47 Å². The smallest absolute Gasteiger partial charge is 0.227 e. The first kappa shape index (κ1) is 19.8. The molecular weight excluding hydrogens is 362 g/mol. The number of benzene rings is 1. The molecule has 0 saturated carbocycles. The van der Waals surface area contributed by atoms with Gasteiger partial charge in [-0.2, -0.15) is 0 Å². The third-order valence-electron chi connectivity index (χ3n) is 4.98. The van der Waals surface area contributed by atoms with Crippen LogP contribution < -0.4 is 10.1 Å². The van der Waals surface area contributed by atoms with Crippen LogP contribution in [0.1, 0.15) is 36.6 Å². The highest BCUT2D eigenvalue weighted by atomic mass is 32.1. The fourth-order valence-electron chi connectivity index (χ4n) is 3.25. The van der Waals surface area contributed by atoms with Crippen molar-refractivity contribution < 1.29 is 14.3 Å². The quantitative estimate of drug-likeness (QED) is 0.782. The minimum absolute atomic E-state index is 0.0330. The number of hydrogen-bond donors (Lipinski definition) is 1. The Morgan fingerprint density at radius 1 is 1.33 bits per heavy atom. The summed E-state index contributed by atoms with van der Waals surface area (Å²) in [5, 5.41) is 6.13. The van der Waals surface area contributed by atoms with Gasteiger partial charge in [0.2, 0.25) is 5.91 Å². The number of methoxy groups -OCH3 is 2. The standard InChI is InChI=1S/C20H27N3O3S/c1-14(25-2)20-21-16(13-27-20)12-23-10-8-15(9-11-23)19(24)22-17-6-4-5-7-18(17)26-3/h4-7,13-15H,8-12H2,1-3H3,(H,22,24)/t14-/m1/s1. The molecular formula is C20H27N3O3S. The van der Waals surface area contributed by atoms with Crippen LogP contribution in [0.5, 0.6) is 5.75 Å². The monoisotopic (exact) mass is 389 g/mol. The Hall–Kier alpha value is -1.96. The molecule has 1 saturated heterocycles. The Balaban J connectivity index is 1.49. The van der Waals surface area contributed by atoms with Gasteiger partial charge < -0.3 is 14.8 Å². The summed E-state index contributed by atoms with van der Waals surface area (Å²) in [7, 11) is 3.31. The predicted molar refractivity (Wildman–Crippen MR) is 107 cm³/mol.